The molecule has 100 valence electrons. The van der Waals surface area contributed by atoms with Gasteiger partial charge in [0.1, 0.15) is 5.82 Å². The highest BCUT2D eigenvalue weighted by Gasteiger charge is 2.13. The van der Waals surface area contributed by atoms with Gasteiger partial charge < -0.3 is 10.1 Å². The van der Waals surface area contributed by atoms with E-state index in [1.54, 1.807) is 13.2 Å². The van der Waals surface area contributed by atoms with Gasteiger partial charge in [0.2, 0.25) is 0 Å². The van der Waals surface area contributed by atoms with E-state index in [-0.39, 0.29) is 5.82 Å². The number of halogens is 2. The first-order valence-electron chi connectivity index (χ1n) is 6.09. The van der Waals surface area contributed by atoms with Crippen molar-refractivity contribution < 1.29 is 9.13 Å². The van der Waals surface area contributed by atoms with Gasteiger partial charge in [-0.15, -0.1) is 0 Å². The molecule has 0 aliphatic carbocycles. The van der Waals surface area contributed by atoms with E-state index in [1.165, 1.54) is 0 Å². The molecule has 1 N–H and O–H groups in total. The largest absolute Gasteiger partial charge is 0.380 e. The zero-order valence-corrected chi connectivity index (χ0v) is 12.1. The Bertz CT molecular complexity index is 385. The zero-order chi connectivity index (χ0) is 13.0. The van der Waals surface area contributed by atoms with Gasteiger partial charge in [-0.25, -0.2) is 4.39 Å². The number of hydrogen-bond acceptors (Lipinski definition) is 3. The third kappa shape index (κ3) is 3.51. The number of nitrogens with one attached hydrogen (secondary N) is 1. The second-order valence-corrected chi connectivity index (χ2v) is 5.35. The van der Waals surface area contributed by atoms with Crippen LogP contribution in [0.2, 0.25) is 0 Å². The maximum Gasteiger partial charge on any atom is 0.130 e. The molecule has 0 aromatic heterocycles. The van der Waals surface area contributed by atoms with Crippen molar-refractivity contribution in [2.24, 2.45) is 0 Å². The number of ether oxygens (including phenoxy) is 1. The lowest BCUT2D eigenvalue weighted by Crippen LogP contribution is -2.42. The lowest BCUT2D eigenvalue weighted by atomic mass is 10.1. The van der Waals surface area contributed by atoms with Crippen molar-refractivity contribution in [2.75, 3.05) is 33.3 Å². The summed E-state index contributed by atoms with van der Waals surface area (Å²) in [6.45, 7) is 5.12. The van der Waals surface area contributed by atoms with Gasteiger partial charge in [0, 0.05) is 49.9 Å². The summed E-state index contributed by atoms with van der Waals surface area (Å²) >= 11 is 3.41. The van der Waals surface area contributed by atoms with E-state index < -0.39 is 0 Å². The fourth-order valence-electron chi connectivity index (χ4n) is 2.16. The molecule has 0 atom stereocenters. The van der Waals surface area contributed by atoms with Crippen LogP contribution in [0.1, 0.15) is 11.1 Å². The Kier molecular flexibility index (Phi) is 5.12. The van der Waals surface area contributed by atoms with Crippen LogP contribution in [0.15, 0.2) is 16.6 Å². The number of benzene rings is 1. The normalized spacial score (nSPS) is 17.1. The Hall–Kier alpha value is -0.490. The average molecular weight is 317 g/mol. The molecule has 3 nitrogen and oxygen atoms in total. The fourth-order valence-corrected chi connectivity index (χ4v) is 2.75. The number of rotatable bonds is 4. The molecule has 0 saturated carbocycles. The Labute approximate surface area is 115 Å². The van der Waals surface area contributed by atoms with Crippen molar-refractivity contribution in [3.8, 4) is 0 Å². The molecule has 1 aromatic rings. The van der Waals surface area contributed by atoms with Crippen LogP contribution in [0.25, 0.3) is 0 Å². The van der Waals surface area contributed by atoms with Crippen LogP contribution in [0.5, 0.6) is 0 Å². The maximum atomic E-state index is 13.9. The molecule has 1 aliphatic heterocycles. The SMILES string of the molecule is COCc1c(F)cc(CN2CCNCC2)cc1Br. The van der Waals surface area contributed by atoms with Gasteiger partial charge in [-0.2, -0.15) is 0 Å². The summed E-state index contributed by atoms with van der Waals surface area (Å²) in [5, 5.41) is 3.31. The van der Waals surface area contributed by atoms with E-state index in [0.29, 0.717) is 12.2 Å². The molecule has 0 radical (unpaired) electrons. The summed E-state index contributed by atoms with van der Waals surface area (Å²) < 4.78 is 19.7. The molecule has 1 saturated heterocycles. The summed E-state index contributed by atoms with van der Waals surface area (Å²) in [6.07, 6.45) is 0. The standard InChI is InChI=1S/C13H18BrFN2O/c1-18-9-11-12(14)6-10(7-13(11)15)8-17-4-2-16-3-5-17/h6-7,16H,2-5,8-9H2,1H3. The number of methoxy groups -OCH3 is 1. The fraction of sp³-hybridized carbons (Fsp3) is 0.538. The summed E-state index contributed by atoms with van der Waals surface area (Å²) in [5.74, 6) is -0.198. The van der Waals surface area contributed by atoms with E-state index >= 15 is 0 Å². The second kappa shape index (κ2) is 6.61. The van der Waals surface area contributed by atoms with Crippen LogP contribution in [-0.4, -0.2) is 38.2 Å². The van der Waals surface area contributed by atoms with Gasteiger partial charge in [-0.05, 0) is 17.7 Å². The van der Waals surface area contributed by atoms with Gasteiger partial charge in [0.25, 0.3) is 0 Å². The third-order valence-electron chi connectivity index (χ3n) is 3.11. The smallest absolute Gasteiger partial charge is 0.130 e. The summed E-state index contributed by atoms with van der Waals surface area (Å²) in [6, 6.07) is 3.60. The molecule has 1 aliphatic rings. The molecular formula is C13H18BrFN2O. The average Bonchev–Trinajstić information content (AvgIpc) is 2.35. The van der Waals surface area contributed by atoms with Gasteiger partial charge >= 0.3 is 0 Å². The van der Waals surface area contributed by atoms with E-state index in [0.717, 1.165) is 42.8 Å². The predicted molar refractivity (Wildman–Crippen MR) is 73.0 cm³/mol. The van der Waals surface area contributed by atoms with Crippen LogP contribution in [0.3, 0.4) is 0 Å². The molecule has 5 heteroatoms. The van der Waals surface area contributed by atoms with Crippen molar-refractivity contribution in [3.05, 3.63) is 33.5 Å². The van der Waals surface area contributed by atoms with Crippen LogP contribution in [0.4, 0.5) is 4.39 Å². The first kappa shape index (κ1) is 13.9. The molecule has 0 spiro atoms. The highest BCUT2D eigenvalue weighted by Crippen LogP contribution is 2.23. The quantitative estimate of drug-likeness (QED) is 0.921. The van der Waals surface area contributed by atoms with Crippen LogP contribution in [-0.2, 0) is 17.9 Å². The maximum absolute atomic E-state index is 13.9. The van der Waals surface area contributed by atoms with Gasteiger partial charge in [-0.3, -0.25) is 4.90 Å². The van der Waals surface area contributed by atoms with Crippen molar-refractivity contribution in [2.45, 2.75) is 13.2 Å². The number of hydrogen-bond donors (Lipinski definition) is 1. The van der Waals surface area contributed by atoms with Crippen molar-refractivity contribution in [1.29, 1.82) is 0 Å². The molecule has 1 fully saturated rings. The van der Waals surface area contributed by atoms with E-state index in [2.05, 4.69) is 26.1 Å². The minimum absolute atomic E-state index is 0.198. The highest BCUT2D eigenvalue weighted by molar-refractivity contribution is 9.10. The zero-order valence-electron chi connectivity index (χ0n) is 10.5. The first-order chi connectivity index (χ1) is 8.70. The number of nitrogens with zero attached hydrogens (tertiary/aromatic N) is 1. The topological polar surface area (TPSA) is 24.5 Å². The van der Waals surface area contributed by atoms with E-state index in [9.17, 15) is 4.39 Å². The number of piperazine rings is 1. The molecule has 1 aromatic carbocycles. The minimum atomic E-state index is -0.198. The third-order valence-corrected chi connectivity index (χ3v) is 3.81. The molecule has 0 bridgehead atoms. The summed E-state index contributed by atoms with van der Waals surface area (Å²) in [7, 11) is 1.57. The first-order valence-corrected chi connectivity index (χ1v) is 6.89. The monoisotopic (exact) mass is 316 g/mol. The Balaban J connectivity index is 2.09. The van der Waals surface area contributed by atoms with Gasteiger partial charge in [0.15, 0.2) is 0 Å². The molecule has 0 amide bonds. The Morgan fingerprint density at radius 3 is 2.72 bits per heavy atom. The van der Waals surface area contributed by atoms with Crippen molar-refractivity contribution in [3.63, 3.8) is 0 Å². The van der Waals surface area contributed by atoms with Crippen LogP contribution in [0, 0.1) is 5.82 Å². The lowest BCUT2D eigenvalue weighted by Gasteiger charge is -2.27. The molecular weight excluding hydrogens is 299 g/mol. The van der Waals surface area contributed by atoms with E-state index in [1.807, 2.05) is 6.07 Å². The van der Waals surface area contributed by atoms with Gasteiger partial charge in [-0.1, -0.05) is 15.9 Å². The lowest BCUT2D eigenvalue weighted by molar-refractivity contribution is 0.180. The summed E-state index contributed by atoms with van der Waals surface area (Å²) in [4.78, 5) is 2.33. The van der Waals surface area contributed by atoms with Crippen molar-refractivity contribution in [1.82, 2.24) is 10.2 Å². The molecule has 18 heavy (non-hydrogen) atoms. The minimum Gasteiger partial charge on any atom is -0.380 e. The molecule has 0 unspecified atom stereocenters. The van der Waals surface area contributed by atoms with Gasteiger partial charge in [0.05, 0.1) is 6.61 Å². The van der Waals surface area contributed by atoms with Crippen LogP contribution >= 0.6 is 15.9 Å². The summed E-state index contributed by atoms with van der Waals surface area (Å²) in [5.41, 5.74) is 1.59. The van der Waals surface area contributed by atoms with Crippen LogP contribution < -0.4 is 5.32 Å². The van der Waals surface area contributed by atoms with E-state index in [4.69, 9.17) is 4.74 Å². The molecule has 2 rings (SSSR count). The molecule has 1 heterocycles. The highest BCUT2D eigenvalue weighted by atomic mass is 79.9. The Morgan fingerprint density at radius 2 is 2.11 bits per heavy atom. The second-order valence-electron chi connectivity index (χ2n) is 4.50. The van der Waals surface area contributed by atoms with Crippen molar-refractivity contribution >= 4 is 15.9 Å². The Morgan fingerprint density at radius 1 is 1.39 bits per heavy atom. The predicted octanol–water partition coefficient (Wildman–Crippen LogP) is 2.14.